The first-order chi connectivity index (χ1) is 20.6. The molecule has 2 heterocycles. The molecule has 4 bridgehead atoms. The van der Waals surface area contributed by atoms with E-state index in [1.54, 1.807) is 0 Å². The molecule has 2 saturated heterocycles. The highest BCUT2D eigenvalue weighted by atomic mass is 16.8. The maximum Gasteiger partial charge on any atom is 0.187 e. The predicted octanol–water partition coefficient (Wildman–Crippen LogP) is 6.94. The third-order valence-corrected chi connectivity index (χ3v) is 11.0. The van der Waals surface area contributed by atoms with Gasteiger partial charge in [-0.3, -0.25) is 0 Å². The zero-order chi connectivity index (χ0) is 28.0. The van der Waals surface area contributed by atoms with Gasteiger partial charge in [-0.2, -0.15) is 0 Å². The third-order valence-electron chi connectivity index (χ3n) is 11.0. The summed E-state index contributed by atoms with van der Waals surface area (Å²) in [6, 6.07) is 20.8. The number of benzene rings is 2. The number of ether oxygens (including phenoxy) is 6. The number of hydrogen-bond acceptors (Lipinski definition) is 6. The summed E-state index contributed by atoms with van der Waals surface area (Å²) >= 11 is 0. The van der Waals surface area contributed by atoms with E-state index in [1.807, 2.05) is 12.1 Å². The molecule has 5 saturated carbocycles. The minimum absolute atomic E-state index is 0.119. The first-order valence-corrected chi connectivity index (χ1v) is 16.6. The first kappa shape index (κ1) is 27.7. The summed E-state index contributed by atoms with van der Waals surface area (Å²) in [6.07, 6.45) is 11.1. The highest BCUT2D eigenvalue weighted by Crippen LogP contribution is 2.58. The molecule has 9 rings (SSSR count). The molecule has 2 aliphatic heterocycles. The molecule has 5 aliphatic carbocycles. The van der Waals surface area contributed by atoms with E-state index in [2.05, 4.69) is 48.5 Å². The van der Waals surface area contributed by atoms with Crippen LogP contribution >= 0.6 is 0 Å². The van der Waals surface area contributed by atoms with Gasteiger partial charge in [0.25, 0.3) is 0 Å². The highest BCUT2D eigenvalue weighted by Gasteiger charge is 2.58. The molecule has 2 aromatic carbocycles. The summed E-state index contributed by atoms with van der Waals surface area (Å²) in [6.45, 7) is 1.46. The van der Waals surface area contributed by atoms with E-state index in [0.717, 1.165) is 73.8 Å². The summed E-state index contributed by atoms with van der Waals surface area (Å²) in [5.74, 6) is 1.81. The maximum absolute atomic E-state index is 7.22. The summed E-state index contributed by atoms with van der Waals surface area (Å²) in [7, 11) is 0. The van der Waals surface area contributed by atoms with Gasteiger partial charge in [-0.05, 0) is 80.2 Å². The molecule has 0 N–H and O–H groups in total. The Bertz CT molecular complexity index is 1140. The Morgan fingerprint density at radius 1 is 0.690 bits per heavy atom. The van der Waals surface area contributed by atoms with Crippen LogP contribution in [0.3, 0.4) is 0 Å². The van der Waals surface area contributed by atoms with Gasteiger partial charge >= 0.3 is 0 Å². The van der Waals surface area contributed by atoms with Crippen molar-refractivity contribution in [1.82, 2.24) is 0 Å². The van der Waals surface area contributed by atoms with Gasteiger partial charge in [0.15, 0.2) is 12.1 Å². The average molecular weight is 575 g/mol. The van der Waals surface area contributed by atoms with Crippen molar-refractivity contribution in [2.24, 2.45) is 17.8 Å². The largest absolute Gasteiger partial charge is 0.368 e. The zero-order valence-electron chi connectivity index (χ0n) is 24.7. The van der Waals surface area contributed by atoms with E-state index in [9.17, 15) is 0 Å². The maximum atomic E-state index is 7.22. The zero-order valence-corrected chi connectivity index (χ0v) is 24.7. The summed E-state index contributed by atoms with van der Waals surface area (Å²) in [5.41, 5.74) is 2.15. The number of hydrogen-bond donors (Lipinski definition) is 0. The summed E-state index contributed by atoms with van der Waals surface area (Å²) in [5, 5.41) is 0. The van der Waals surface area contributed by atoms with Crippen molar-refractivity contribution < 1.29 is 28.4 Å². The number of fused-ring (bicyclic) bond motifs is 1. The lowest BCUT2D eigenvalue weighted by atomic mass is 9.54. The van der Waals surface area contributed by atoms with Crippen molar-refractivity contribution in [3.63, 3.8) is 0 Å². The minimum Gasteiger partial charge on any atom is -0.368 e. The summed E-state index contributed by atoms with van der Waals surface area (Å²) < 4.78 is 41.2. The fraction of sp³-hybridized carbons (Fsp3) is 0.667. The fourth-order valence-corrected chi connectivity index (χ4v) is 9.44. The third kappa shape index (κ3) is 5.60. The van der Waals surface area contributed by atoms with Gasteiger partial charge in [0.05, 0.1) is 25.4 Å². The normalized spacial score (nSPS) is 40.2. The van der Waals surface area contributed by atoms with Crippen LogP contribution in [-0.2, 0) is 41.6 Å². The second kappa shape index (κ2) is 11.6. The SMILES string of the molecule is c1ccc(CO[C@@H]2[C@H](OCc3ccccc3)[C@H](OC34CC5CC(CC(C5)C3)C4)O[C@@H]3COC4(CCCCC4)O[C@@H]23)cc1. The Kier molecular flexibility index (Phi) is 7.66. The lowest BCUT2D eigenvalue weighted by molar-refractivity contribution is -0.414. The van der Waals surface area contributed by atoms with Gasteiger partial charge in [0.1, 0.15) is 24.4 Å². The molecule has 7 aliphatic rings. The molecule has 5 atom stereocenters. The molecule has 2 aromatic rings. The molecule has 0 amide bonds. The van der Waals surface area contributed by atoms with Crippen molar-refractivity contribution in [2.45, 2.75) is 126 Å². The number of rotatable bonds is 8. The van der Waals surface area contributed by atoms with Crippen LogP contribution in [0.25, 0.3) is 0 Å². The van der Waals surface area contributed by atoms with Crippen LogP contribution in [-0.4, -0.2) is 48.7 Å². The van der Waals surface area contributed by atoms with Crippen molar-refractivity contribution in [1.29, 1.82) is 0 Å². The fourth-order valence-electron chi connectivity index (χ4n) is 9.44. The molecule has 0 radical (unpaired) electrons. The predicted molar refractivity (Wildman–Crippen MR) is 157 cm³/mol. The first-order valence-electron chi connectivity index (χ1n) is 16.6. The van der Waals surface area contributed by atoms with E-state index in [1.165, 1.54) is 25.7 Å². The van der Waals surface area contributed by atoms with Crippen LogP contribution in [0, 0.1) is 17.8 Å². The van der Waals surface area contributed by atoms with Crippen LogP contribution in [0.15, 0.2) is 60.7 Å². The van der Waals surface area contributed by atoms with Gasteiger partial charge in [0, 0.05) is 12.8 Å². The molecule has 6 heteroatoms. The second-order valence-electron chi connectivity index (χ2n) is 14.1. The van der Waals surface area contributed by atoms with Crippen LogP contribution < -0.4 is 0 Å². The summed E-state index contributed by atoms with van der Waals surface area (Å²) in [4.78, 5) is 0. The Balaban J connectivity index is 1.10. The Morgan fingerprint density at radius 3 is 1.86 bits per heavy atom. The molecule has 0 aromatic heterocycles. The standard InChI is InChI=1S/C36H46O6/c1-4-10-25(11-5-1)22-37-32-31-30(24-39-36(41-31)14-8-3-9-15-36)40-34(33(32)38-23-26-12-6-2-7-13-26)42-35-19-27-16-28(20-35)18-29(17-27)21-35/h1-2,4-7,10-13,27-34H,3,8-9,14-24H2/t27?,28?,29?,30-,31-,32+,33+,34+,35?/m1/s1. The quantitative estimate of drug-likeness (QED) is 0.340. The van der Waals surface area contributed by atoms with Gasteiger partial charge in [-0.15, -0.1) is 0 Å². The van der Waals surface area contributed by atoms with Crippen molar-refractivity contribution >= 4 is 0 Å². The molecule has 1 spiro atoms. The molecular formula is C36H46O6. The van der Waals surface area contributed by atoms with Crippen LogP contribution in [0.5, 0.6) is 0 Å². The van der Waals surface area contributed by atoms with E-state index in [4.69, 9.17) is 28.4 Å². The molecule has 0 unspecified atom stereocenters. The molecular weight excluding hydrogens is 528 g/mol. The van der Waals surface area contributed by atoms with Gasteiger partial charge in [-0.1, -0.05) is 67.1 Å². The molecule has 226 valence electrons. The van der Waals surface area contributed by atoms with Crippen LogP contribution in [0.1, 0.15) is 81.8 Å². The second-order valence-corrected chi connectivity index (χ2v) is 14.1. The molecule has 42 heavy (non-hydrogen) atoms. The monoisotopic (exact) mass is 574 g/mol. The van der Waals surface area contributed by atoms with Gasteiger partial charge in [0.2, 0.25) is 0 Å². The Hall–Kier alpha value is -1.80. The average Bonchev–Trinajstić information content (AvgIpc) is 3.00. The smallest absolute Gasteiger partial charge is 0.187 e. The molecule has 7 fully saturated rings. The van der Waals surface area contributed by atoms with E-state index in [0.29, 0.717) is 19.8 Å². The van der Waals surface area contributed by atoms with Crippen LogP contribution in [0.2, 0.25) is 0 Å². The molecule has 6 nitrogen and oxygen atoms in total. The van der Waals surface area contributed by atoms with E-state index >= 15 is 0 Å². The van der Waals surface area contributed by atoms with Gasteiger partial charge < -0.3 is 28.4 Å². The van der Waals surface area contributed by atoms with E-state index < -0.39 is 18.2 Å². The van der Waals surface area contributed by atoms with Gasteiger partial charge in [-0.25, -0.2) is 0 Å². The topological polar surface area (TPSA) is 55.4 Å². The van der Waals surface area contributed by atoms with Crippen molar-refractivity contribution in [3.8, 4) is 0 Å². The lowest BCUT2D eigenvalue weighted by Gasteiger charge is -2.59. The Morgan fingerprint density at radius 2 is 1.26 bits per heavy atom. The van der Waals surface area contributed by atoms with Crippen molar-refractivity contribution in [2.75, 3.05) is 6.61 Å². The van der Waals surface area contributed by atoms with Crippen LogP contribution in [0.4, 0.5) is 0 Å². The highest BCUT2D eigenvalue weighted by molar-refractivity contribution is 5.15. The van der Waals surface area contributed by atoms with E-state index in [-0.39, 0.29) is 23.9 Å². The van der Waals surface area contributed by atoms with Crippen molar-refractivity contribution in [3.05, 3.63) is 71.8 Å². The minimum atomic E-state index is -0.547. The lowest BCUT2D eigenvalue weighted by Crippen LogP contribution is -2.68. The Labute approximate surface area is 250 Å².